The number of carboxylic acid groups (broad SMARTS) is 1. The standard InChI is InChI=1S/C12H17NO5S/c1-3-4-8(2)13-10(14)7-19(17)11-6-5-9(18-11)12(15)16/h5-6,8H,3-4,7H2,1-2H3,(H,13,14)(H,15,16). The number of amides is 1. The maximum absolute atomic E-state index is 11.8. The minimum absolute atomic E-state index is 0.00399. The molecule has 0 bridgehead atoms. The van der Waals surface area contributed by atoms with Crippen LogP contribution in [0.15, 0.2) is 21.6 Å². The van der Waals surface area contributed by atoms with E-state index in [4.69, 9.17) is 9.52 Å². The molecule has 1 aromatic rings. The van der Waals surface area contributed by atoms with Crippen molar-refractivity contribution in [2.24, 2.45) is 0 Å². The van der Waals surface area contributed by atoms with Crippen LogP contribution in [0.5, 0.6) is 0 Å². The van der Waals surface area contributed by atoms with Crippen molar-refractivity contribution in [3.8, 4) is 0 Å². The van der Waals surface area contributed by atoms with Crippen LogP contribution in [0.2, 0.25) is 0 Å². The van der Waals surface area contributed by atoms with Crippen LogP contribution in [0, 0.1) is 0 Å². The van der Waals surface area contributed by atoms with E-state index < -0.39 is 16.8 Å². The predicted molar refractivity (Wildman–Crippen MR) is 69.5 cm³/mol. The molecule has 2 unspecified atom stereocenters. The molecule has 1 rings (SSSR count). The molecule has 0 saturated carbocycles. The van der Waals surface area contributed by atoms with Crippen LogP contribution in [-0.4, -0.2) is 33.0 Å². The Morgan fingerprint density at radius 1 is 1.47 bits per heavy atom. The summed E-state index contributed by atoms with van der Waals surface area (Å²) in [5, 5.41) is 11.4. The second-order valence-electron chi connectivity index (χ2n) is 4.17. The topological polar surface area (TPSA) is 96.6 Å². The molecule has 0 aliphatic heterocycles. The van der Waals surface area contributed by atoms with E-state index in [2.05, 4.69) is 5.32 Å². The maximum Gasteiger partial charge on any atom is 0.371 e. The van der Waals surface area contributed by atoms with Crippen LogP contribution in [0.4, 0.5) is 0 Å². The van der Waals surface area contributed by atoms with Gasteiger partial charge in [0.15, 0.2) is 5.09 Å². The smallest absolute Gasteiger partial charge is 0.371 e. The van der Waals surface area contributed by atoms with Crippen molar-refractivity contribution >= 4 is 22.7 Å². The van der Waals surface area contributed by atoms with Crippen LogP contribution in [0.25, 0.3) is 0 Å². The van der Waals surface area contributed by atoms with E-state index in [0.29, 0.717) is 0 Å². The third-order valence-electron chi connectivity index (χ3n) is 2.41. The van der Waals surface area contributed by atoms with Gasteiger partial charge in [0, 0.05) is 6.04 Å². The number of carbonyl (C=O) groups is 2. The molecule has 0 spiro atoms. The molecule has 0 aliphatic carbocycles. The first-order chi connectivity index (χ1) is 8.93. The molecule has 6 nitrogen and oxygen atoms in total. The van der Waals surface area contributed by atoms with Gasteiger partial charge < -0.3 is 14.8 Å². The number of carbonyl (C=O) groups excluding carboxylic acids is 1. The Balaban J connectivity index is 2.54. The van der Waals surface area contributed by atoms with E-state index in [-0.39, 0.29) is 28.6 Å². The summed E-state index contributed by atoms with van der Waals surface area (Å²) in [6, 6.07) is 2.55. The predicted octanol–water partition coefficient (Wildman–Crippen LogP) is 1.39. The maximum atomic E-state index is 11.8. The number of aromatic carboxylic acids is 1. The van der Waals surface area contributed by atoms with Gasteiger partial charge in [0.2, 0.25) is 11.7 Å². The van der Waals surface area contributed by atoms with Gasteiger partial charge in [-0.3, -0.25) is 9.00 Å². The van der Waals surface area contributed by atoms with E-state index in [1.807, 2.05) is 13.8 Å². The van der Waals surface area contributed by atoms with Crippen molar-refractivity contribution in [1.29, 1.82) is 0 Å². The summed E-state index contributed by atoms with van der Waals surface area (Å²) in [5.41, 5.74) is 0. The quantitative estimate of drug-likeness (QED) is 0.790. The van der Waals surface area contributed by atoms with Gasteiger partial charge in [-0.1, -0.05) is 13.3 Å². The Morgan fingerprint density at radius 3 is 2.68 bits per heavy atom. The highest BCUT2D eigenvalue weighted by Crippen LogP contribution is 2.12. The van der Waals surface area contributed by atoms with Crippen molar-refractivity contribution in [2.75, 3.05) is 5.75 Å². The SMILES string of the molecule is CCCC(C)NC(=O)CS(=O)c1ccc(C(=O)O)o1. The van der Waals surface area contributed by atoms with Crippen LogP contribution < -0.4 is 5.32 Å². The second-order valence-corrected chi connectivity index (χ2v) is 5.55. The summed E-state index contributed by atoms with van der Waals surface area (Å²) in [6.45, 7) is 3.89. The van der Waals surface area contributed by atoms with E-state index in [9.17, 15) is 13.8 Å². The third-order valence-corrected chi connectivity index (χ3v) is 3.60. The minimum atomic E-state index is -1.67. The van der Waals surface area contributed by atoms with Gasteiger partial charge in [-0.05, 0) is 25.5 Å². The highest BCUT2D eigenvalue weighted by atomic mass is 32.2. The summed E-state index contributed by atoms with van der Waals surface area (Å²) in [6.07, 6.45) is 1.80. The lowest BCUT2D eigenvalue weighted by molar-refractivity contribution is -0.119. The highest BCUT2D eigenvalue weighted by Gasteiger charge is 2.17. The lowest BCUT2D eigenvalue weighted by atomic mass is 10.2. The van der Waals surface area contributed by atoms with E-state index >= 15 is 0 Å². The largest absolute Gasteiger partial charge is 0.475 e. The normalized spacial score (nSPS) is 13.8. The molecular weight excluding hydrogens is 270 g/mol. The average Bonchev–Trinajstić information content (AvgIpc) is 2.77. The van der Waals surface area contributed by atoms with Gasteiger partial charge in [0.25, 0.3) is 0 Å². The molecule has 1 amide bonds. The molecule has 0 aromatic carbocycles. The van der Waals surface area contributed by atoms with Crippen molar-refractivity contribution in [3.63, 3.8) is 0 Å². The van der Waals surface area contributed by atoms with Crippen molar-refractivity contribution in [3.05, 3.63) is 17.9 Å². The summed E-state index contributed by atoms with van der Waals surface area (Å²) in [5.74, 6) is -2.10. The Hall–Kier alpha value is -1.63. The van der Waals surface area contributed by atoms with Gasteiger partial charge >= 0.3 is 5.97 Å². The van der Waals surface area contributed by atoms with Crippen molar-refractivity contribution in [1.82, 2.24) is 5.32 Å². The lowest BCUT2D eigenvalue weighted by Crippen LogP contribution is -2.35. The summed E-state index contributed by atoms with van der Waals surface area (Å²) >= 11 is 0. The lowest BCUT2D eigenvalue weighted by Gasteiger charge is -2.11. The molecule has 0 aliphatic rings. The van der Waals surface area contributed by atoms with Gasteiger partial charge in [-0.25, -0.2) is 4.79 Å². The minimum Gasteiger partial charge on any atom is -0.475 e. The molecule has 1 aromatic heterocycles. The molecule has 106 valence electrons. The number of furan rings is 1. The van der Waals surface area contributed by atoms with Crippen molar-refractivity contribution < 1.29 is 23.3 Å². The fourth-order valence-electron chi connectivity index (χ4n) is 1.57. The first-order valence-corrected chi connectivity index (χ1v) is 7.26. The molecule has 0 radical (unpaired) electrons. The zero-order chi connectivity index (χ0) is 14.4. The average molecular weight is 287 g/mol. The number of rotatable bonds is 7. The second kappa shape index (κ2) is 7.08. The summed E-state index contributed by atoms with van der Waals surface area (Å²) < 4.78 is 16.7. The number of hydrogen-bond acceptors (Lipinski definition) is 4. The molecule has 2 N–H and O–H groups in total. The molecule has 1 heterocycles. The molecule has 0 saturated heterocycles. The number of hydrogen-bond donors (Lipinski definition) is 2. The Bertz CT molecular complexity index is 482. The number of nitrogens with one attached hydrogen (secondary N) is 1. The van der Waals surface area contributed by atoms with Crippen LogP contribution in [0.3, 0.4) is 0 Å². The monoisotopic (exact) mass is 287 g/mol. The highest BCUT2D eigenvalue weighted by molar-refractivity contribution is 7.85. The van der Waals surface area contributed by atoms with Gasteiger partial charge in [0.05, 0.1) is 10.8 Å². The fourth-order valence-corrected chi connectivity index (χ4v) is 2.44. The molecule has 19 heavy (non-hydrogen) atoms. The molecular formula is C12H17NO5S. The van der Waals surface area contributed by atoms with Crippen molar-refractivity contribution in [2.45, 2.75) is 37.8 Å². The van der Waals surface area contributed by atoms with Gasteiger partial charge in [0.1, 0.15) is 5.75 Å². The number of carboxylic acids is 1. The van der Waals surface area contributed by atoms with E-state index in [1.165, 1.54) is 12.1 Å². The van der Waals surface area contributed by atoms with Crippen LogP contribution in [0.1, 0.15) is 37.2 Å². The molecule has 7 heteroatoms. The first kappa shape index (κ1) is 15.4. The Kier molecular flexibility index (Phi) is 5.75. The van der Waals surface area contributed by atoms with Crippen LogP contribution in [-0.2, 0) is 15.6 Å². The van der Waals surface area contributed by atoms with Crippen LogP contribution >= 0.6 is 0 Å². The molecule has 0 fully saturated rings. The van der Waals surface area contributed by atoms with Gasteiger partial charge in [-0.15, -0.1) is 0 Å². The van der Waals surface area contributed by atoms with Gasteiger partial charge in [-0.2, -0.15) is 0 Å². The third kappa shape index (κ3) is 4.86. The van der Waals surface area contributed by atoms with E-state index in [0.717, 1.165) is 12.8 Å². The fraction of sp³-hybridized carbons (Fsp3) is 0.500. The Labute approximate surface area is 113 Å². The summed E-state index contributed by atoms with van der Waals surface area (Å²) in [7, 11) is -1.67. The zero-order valence-corrected chi connectivity index (χ0v) is 11.7. The zero-order valence-electron chi connectivity index (χ0n) is 10.8. The van der Waals surface area contributed by atoms with E-state index in [1.54, 1.807) is 0 Å². The summed E-state index contributed by atoms with van der Waals surface area (Å²) in [4.78, 5) is 22.2. The Morgan fingerprint density at radius 2 is 2.16 bits per heavy atom. The molecule has 2 atom stereocenters. The first-order valence-electron chi connectivity index (χ1n) is 5.95.